The highest BCUT2D eigenvalue weighted by Crippen LogP contribution is 2.29. The highest BCUT2D eigenvalue weighted by atomic mass is 16.5. The van der Waals surface area contributed by atoms with Gasteiger partial charge in [-0.05, 0) is 54.1 Å². The van der Waals surface area contributed by atoms with E-state index in [-0.39, 0.29) is 6.03 Å². The van der Waals surface area contributed by atoms with Gasteiger partial charge in [-0.15, -0.1) is 0 Å². The van der Waals surface area contributed by atoms with E-state index in [1.807, 2.05) is 49.3 Å². The first-order chi connectivity index (χ1) is 15.1. The highest BCUT2D eigenvalue weighted by Gasteiger charge is 2.09. The van der Waals surface area contributed by atoms with Gasteiger partial charge in [0.1, 0.15) is 12.1 Å². The zero-order valence-corrected chi connectivity index (χ0v) is 17.2. The summed E-state index contributed by atoms with van der Waals surface area (Å²) in [4.78, 5) is 26.7. The van der Waals surface area contributed by atoms with Crippen molar-refractivity contribution < 1.29 is 9.53 Å². The molecule has 0 saturated carbocycles. The van der Waals surface area contributed by atoms with Crippen molar-refractivity contribution >= 4 is 28.3 Å². The number of nitrogens with one attached hydrogen (secondary N) is 2. The standard InChI is InChI=1S/C23H22N6O2/c1-29(2)18-7-10-20-21(12-18)26-15-27-22(20)31-19-8-5-17(6-9-19)28-23(30)25-14-16-4-3-11-24-13-16/h3-13,15H,14H2,1-2H3,(H2,25,28,30). The Kier molecular flexibility index (Phi) is 5.89. The number of pyridine rings is 1. The summed E-state index contributed by atoms with van der Waals surface area (Å²) in [6.07, 6.45) is 4.89. The molecule has 0 aliphatic heterocycles. The summed E-state index contributed by atoms with van der Waals surface area (Å²) in [5.74, 6) is 1.09. The molecule has 0 saturated heterocycles. The lowest BCUT2D eigenvalue weighted by Crippen LogP contribution is -2.28. The van der Waals surface area contributed by atoms with Crippen LogP contribution in [0.1, 0.15) is 5.56 Å². The molecule has 156 valence electrons. The van der Waals surface area contributed by atoms with Crippen LogP contribution in [0.5, 0.6) is 11.6 Å². The number of benzene rings is 2. The zero-order chi connectivity index (χ0) is 21.6. The van der Waals surface area contributed by atoms with Gasteiger partial charge in [0.15, 0.2) is 0 Å². The molecule has 0 aliphatic rings. The van der Waals surface area contributed by atoms with Crippen molar-refractivity contribution in [1.29, 1.82) is 0 Å². The Balaban J connectivity index is 1.40. The van der Waals surface area contributed by atoms with Gasteiger partial charge < -0.3 is 20.3 Å². The molecular weight excluding hydrogens is 392 g/mol. The number of aromatic nitrogens is 3. The molecule has 4 aromatic rings. The minimum absolute atomic E-state index is 0.295. The number of ether oxygens (including phenoxy) is 1. The van der Waals surface area contributed by atoms with Crippen LogP contribution in [0.15, 0.2) is 73.3 Å². The van der Waals surface area contributed by atoms with E-state index in [0.29, 0.717) is 23.9 Å². The lowest BCUT2D eigenvalue weighted by Gasteiger charge is -2.13. The number of nitrogens with zero attached hydrogens (tertiary/aromatic N) is 4. The summed E-state index contributed by atoms with van der Waals surface area (Å²) in [6, 6.07) is 16.5. The summed E-state index contributed by atoms with van der Waals surface area (Å²) >= 11 is 0. The molecule has 0 unspecified atom stereocenters. The van der Waals surface area contributed by atoms with Crippen LogP contribution in [0.3, 0.4) is 0 Å². The Hall–Kier alpha value is -4.20. The van der Waals surface area contributed by atoms with Crippen molar-refractivity contribution in [2.45, 2.75) is 6.54 Å². The van der Waals surface area contributed by atoms with Crippen LogP contribution in [-0.4, -0.2) is 35.1 Å². The SMILES string of the molecule is CN(C)c1ccc2c(Oc3ccc(NC(=O)NCc4cccnc4)cc3)ncnc2c1. The van der Waals surface area contributed by atoms with Gasteiger partial charge in [-0.3, -0.25) is 4.98 Å². The molecule has 0 atom stereocenters. The molecule has 0 fully saturated rings. The van der Waals surface area contributed by atoms with Gasteiger partial charge in [-0.2, -0.15) is 0 Å². The smallest absolute Gasteiger partial charge is 0.319 e. The predicted molar refractivity (Wildman–Crippen MR) is 120 cm³/mol. The molecule has 2 aromatic heterocycles. The van der Waals surface area contributed by atoms with Crippen LogP contribution in [0, 0.1) is 0 Å². The normalized spacial score (nSPS) is 10.5. The molecule has 2 aromatic carbocycles. The molecule has 8 nitrogen and oxygen atoms in total. The molecule has 0 radical (unpaired) electrons. The number of amides is 2. The van der Waals surface area contributed by atoms with Crippen LogP contribution < -0.4 is 20.3 Å². The third-order valence-electron chi connectivity index (χ3n) is 4.60. The van der Waals surface area contributed by atoms with Gasteiger partial charge in [0, 0.05) is 44.4 Å². The molecule has 2 heterocycles. The van der Waals surface area contributed by atoms with E-state index in [1.54, 1.807) is 36.7 Å². The molecular formula is C23H22N6O2. The van der Waals surface area contributed by atoms with Crippen LogP contribution in [-0.2, 0) is 6.54 Å². The predicted octanol–water partition coefficient (Wildman–Crippen LogP) is 4.20. The molecule has 2 N–H and O–H groups in total. The second-order valence-electron chi connectivity index (χ2n) is 7.07. The van der Waals surface area contributed by atoms with Crippen molar-refractivity contribution in [3.05, 3.63) is 78.9 Å². The Labute approximate surface area is 179 Å². The van der Waals surface area contributed by atoms with Gasteiger partial charge in [-0.1, -0.05) is 6.07 Å². The first-order valence-corrected chi connectivity index (χ1v) is 9.72. The monoisotopic (exact) mass is 414 g/mol. The van der Waals surface area contributed by atoms with Crippen molar-refractivity contribution in [3.8, 4) is 11.6 Å². The maximum Gasteiger partial charge on any atom is 0.319 e. The van der Waals surface area contributed by atoms with Crippen molar-refractivity contribution in [3.63, 3.8) is 0 Å². The molecule has 0 bridgehead atoms. The Morgan fingerprint density at radius 2 is 1.90 bits per heavy atom. The molecule has 0 aliphatic carbocycles. The zero-order valence-electron chi connectivity index (χ0n) is 17.2. The van der Waals surface area contributed by atoms with Gasteiger partial charge in [0.2, 0.25) is 5.88 Å². The van der Waals surface area contributed by atoms with Gasteiger partial charge in [0.05, 0.1) is 10.9 Å². The average molecular weight is 414 g/mol. The number of rotatable bonds is 6. The Morgan fingerprint density at radius 3 is 2.65 bits per heavy atom. The molecule has 2 amide bonds. The highest BCUT2D eigenvalue weighted by molar-refractivity contribution is 5.89. The molecule has 31 heavy (non-hydrogen) atoms. The molecule has 0 spiro atoms. The van der Waals surface area contributed by atoms with E-state index < -0.39 is 0 Å². The number of hydrogen-bond acceptors (Lipinski definition) is 6. The topological polar surface area (TPSA) is 92.3 Å². The maximum atomic E-state index is 12.1. The van der Waals surface area contributed by atoms with Crippen LogP contribution in [0.2, 0.25) is 0 Å². The largest absolute Gasteiger partial charge is 0.438 e. The fourth-order valence-electron chi connectivity index (χ4n) is 2.96. The fourth-order valence-corrected chi connectivity index (χ4v) is 2.96. The number of hydrogen-bond donors (Lipinski definition) is 2. The van der Waals surface area contributed by atoms with Crippen molar-refractivity contribution in [2.75, 3.05) is 24.3 Å². The molecule has 8 heteroatoms. The first-order valence-electron chi connectivity index (χ1n) is 9.72. The summed E-state index contributed by atoms with van der Waals surface area (Å²) in [5, 5.41) is 6.41. The Bertz CT molecular complexity index is 1180. The number of urea groups is 1. The molecule has 4 rings (SSSR count). The summed E-state index contributed by atoms with van der Waals surface area (Å²) in [6.45, 7) is 0.400. The van der Waals surface area contributed by atoms with Gasteiger partial charge in [-0.25, -0.2) is 14.8 Å². The maximum absolute atomic E-state index is 12.1. The van der Waals surface area contributed by atoms with E-state index in [4.69, 9.17) is 4.74 Å². The lowest BCUT2D eigenvalue weighted by atomic mass is 10.2. The van der Waals surface area contributed by atoms with E-state index in [2.05, 4.69) is 25.6 Å². The number of anilines is 2. The summed E-state index contributed by atoms with van der Waals surface area (Å²) in [5.41, 5.74) is 3.43. The third-order valence-corrected chi connectivity index (χ3v) is 4.60. The third kappa shape index (κ3) is 5.05. The van der Waals surface area contributed by atoms with E-state index in [1.165, 1.54) is 6.33 Å². The minimum atomic E-state index is -0.295. The quantitative estimate of drug-likeness (QED) is 0.491. The number of fused-ring (bicyclic) bond motifs is 1. The van der Waals surface area contributed by atoms with E-state index in [9.17, 15) is 4.79 Å². The second-order valence-corrected chi connectivity index (χ2v) is 7.07. The van der Waals surface area contributed by atoms with Crippen molar-refractivity contribution in [2.24, 2.45) is 0 Å². The van der Waals surface area contributed by atoms with Crippen LogP contribution in [0.25, 0.3) is 10.9 Å². The average Bonchev–Trinajstić information content (AvgIpc) is 2.79. The van der Waals surface area contributed by atoms with E-state index >= 15 is 0 Å². The van der Waals surface area contributed by atoms with Crippen LogP contribution >= 0.6 is 0 Å². The van der Waals surface area contributed by atoms with E-state index in [0.717, 1.165) is 22.2 Å². The minimum Gasteiger partial charge on any atom is -0.438 e. The first kappa shape index (κ1) is 20.1. The summed E-state index contributed by atoms with van der Waals surface area (Å²) in [7, 11) is 3.96. The fraction of sp³-hybridized carbons (Fsp3) is 0.130. The van der Waals surface area contributed by atoms with Crippen molar-refractivity contribution in [1.82, 2.24) is 20.3 Å². The second kappa shape index (κ2) is 9.08. The van der Waals surface area contributed by atoms with Gasteiger partial charge in [0.25, 0.3) is 0 Å². The Morgan fingerprint density at radius 1 is 1.06 bits per heavy atom. The van der Waals surface area contributed by atoms with Crippen LogP contribution in [0.4, 0.5) is 16.2 Å². The van der Waals surface area contributed by atoms with Gasteiger partial charge >= 0.3 is 6.03 Å². The number of carbonyl (C=O) groups is 1. The number of carbonyl (C=O) groups excluding carboxylic acids is 1. The summed E-state index contributed by atoms with van der Waals surface area (Å²) < 4.78 is 5.96. The lowest BCUT2D eigenvalue weighted by molar-refractivity contribution is 0.251.